The van der Waals surface area contributed by atoms with Crippen molar-refractivity contribution < 1.29 is 9.53 Å². The van der Waals surface area contributed by atoms with Crippen LogP contribution in [0.25, 0.3) is 0 Å². The molecule has 1 aromatic rings. The quantitative estimate of drug-likeness (QED) is 0.747. The number of allylic oxidation sites excluding steroid dienone is 1. The molecule has 0 saturated carbocycles. The molecule has 1 aliphatic heterocycles. The first-order valence-electron chi connectivity index (χ1n) is 4.84. The van der Waals surface area contributed by atoms with Gasteiger partial charge in [-0.05, 0) is 18.2 Å². The predicted octanol–water partition coefficient (Wildman–Crippen LogP) is 1.03. The van der Waals surface area contributed by atoms with Crippen LogP contribution in [-0.2, 0) is 11.3 Å². The van der Waals surface area contributed by atoms with Crippen molar-refractivity contribution in [1.82, 2.24) is 4.98 Å². The molecule has 0 aromatic carbocycles. The fourth-order valence-corrected chi connectivity index (χ4v) is 1.45. The van der Waals surface area contributed by atoms with Crippen molar-refractivity contribution >= 4 is 5.78 Å². The number of Topliss-reactive ketones (excluding diaryl/α,β-unsaturated/α-hetero) is 1. The molecule has 0 aliphatic carbocycles. The monoisotopic (exact) mass is 204 g/mol. The van der Waals surface area contributed by atoms with Gasteiger partial charge in [0.05, 0.1) is 12.3 Å². The number of nitrogens with zero attached hydrogens (tertiary/aromatic N) is 1. The van der Waals surface area contributed by atoms with Crippen LogP contribution >= 0.6 is 0 Å². The van der Waals surface area contributed by atoms with Crippen molar-refractivity contribution in [3.63, 3.8) is 0 Å². The zero-order valence-electron chi connectivity index (χ0n) is 8.27. The minimum absolute atomic E-state index is 0.0930. The summed E-state index contributed by atoms with van der Waals surface area (Å²) in [5.41, 5.74) is 6.74. The highest BCUT2D eigenvalue weighted by Gasteiger charge is 2.17. The van der Waals surface area contributed by atoms with Crippen molar-refractivity contribution in [2.24, 2.45) is 5.73 Å². The number of hydrogen-bond acceptors (Lipinski definition) is 4. The zero-order valence-corrected chi connectivity index (χ0v) is 8.27. The van der Waals surface area contributed by atoms with E-state index in [0.29, 0.717) is 30.2 Å². The van der Waals surface area contributed by atoms with Crippen LogP contribution in [0.2, 0.25) is 0 Å². The highest BCUT2D eigenvalue weighted by Crippen LogP contribution is 2.15. The summed E-state index contributed by atoms with van der Waals surface area (Å²) >= 11 is 0. The first-order valence-corrected chi connectivity index (χ1v) is 4.84. The van der Waals surface area contributed by atoms with E-state index in [1.54, 1.807) is 18.3 Å². The third-order valence-electron chi connectivity index (χ3n) is 2.22. The molecule has 2 rings (SSSR count). The third kappa shape index (κ3) is 2.05. The second-order valence-electron chi connectivity index (χ2n) is 3.27. The van der Waals surface area contributed by atoms with Gasteiger partial charge in [-0.25, -0.2) is 0 Å². The largest absolute Gasteiger partial charge is 0.489 e. The molecule has 4 nitrogen and oxygen atoms in total. The normalized spacial score (nSPS) is 14.6. The Morgan fingerprint density at radius 3 is 3.13 bits per heavy atom. The van der Waals surface area contributed by atoms with E-state index >= 15 is 0 Å². The van der Waals surface area contributed by atoms with Crippen LogP contribution in [0.3, 0.4) is 0 Å². The number of pyridine rings is 1. The molecule has 0 saturated heterocycles. The standard InChI is InChI=1S/C11H12N2O2/c12-7-9-6-8(3-4-13-9)11(14)10-2-1-5-15-10/h2-4,6H,1,5,7,12H2. The number of hydrogen-bond donors (Lipinski definition) is 1. The summed E-state index contributed by atoms with van der Waals surface area (Å²) in [6.07, 6.45) is 4.20. The SMILES string of the molecule is NCc1cc(C(=O)C2=CCCO2)ccn1. The number of ether oxygens (including phenoxy) is 1. The van der Waals surface area contributed by atoms with Crippen molar-refractivity contribution in [2.75, 3.05) is 6.61 Å². The Morgan fingerprint density at radius 2 is 2.47 bits per heavy atom. The number of rotatable bonds is 3. The van der Waals surface area contributed by atoms with E-state index in [1.807, 2.05) is 6.08 Å². The van der Waals surface area contributed by atoms with Crippen molar-refractivity contribution in [2.45, 2.75) is 13.0 Å². The van der Waals surface area contributed by atoms with Gasteiger partial charge in [0.15, 0.2) is 5.76 Å². The van der Waals surface area contributed by atoms with Gasteiger partial charge in [0, 0.05) is 24.7 Å². The average Bonchev–Trinajstić information content (AvgIpc) is 2.81. The Bertz CT molecular complexity index is 413. The Labute approximate surface area is 87.8 Å². The molecule has 0 amide bonds. The van der Waals surface area contributed by atoms with E-state index in [9.17, 15) is 4.79 Å². The van der Waals surface area contributed by atoms with Crippen LogP contribution in [0.15, 0.2) is 30.2 Å². The smallest absolute Gasteiger partial charge is 0.227 e. The van der Waals surface area contributed by atoms with Crippen LogP contribution in [0.4, 0.5) is 0 Å². The van der Waals surface area contributed by atoms with E-state index in [-0.39, 0.29) is 5.78 Å². The summed E-state index contributed by atoms with van der Waals surface area (Å²) in [4.78, 5) is 15.9. The first kappa shape index (κ1) is 9.86. The van der Waals surface area contributed by atoms with Crippen molar-refractivity contribution in [3.8, 4) is 0 Å². The van der Waals surface area contributed by atoms with Gasteiger partial charge in [0.2, 0.25) is 5.78 Å². The van der Waals surface area contributed by atoms with E-state index < -0.39 is 0 Å². The molecule has 0 bridgehead atoms. The van der Waals surface area contributed by atoms with Gasteiger partial charge in [0.1, 0.15) is 0 Å². The van der Waals surface area contributed by atoms with Crippen LogP contribution in [0, 0.1) is 0 Å². The Morgan fingerprint density at radius 1 is 1.60 bits per heavy atom. The lowest BCUT2D eigenvalue weighted by atomic mass is 10.1. The minimum Gasteiger partial charge on any atom is -0.489 e. The van der Waals surface area contributed by atoms with Crippen LogP contribution < -0.4 is 5.73 Å². The summed E-state index contributed by atoms with van der Waals surface area (Å²) in [5, 5.41) is 0. The molecule has 4 heteroatoms. The van der Waals surface area contributed by atoms with Gasteiger partial charge in [-0.15, -0.1) is 0 Å². The Kier molecular flexibility index (Phi) is 2.78. The summed E-state index contributed by atoms with van der Waals surface area (Å²) < 4.78 is 5.20. The summed E-state index contributed by atoms with van der Waals surface area (Å²) in [7, 11) is 0. The lowest BCUT2D eigenvalue weighted by molar-refractivity contribution is 0.0942. The van der Waals surface area contributed by atoms with Crippen LogP contribution in [-0.4, -0.2) is 17.4 Å². The first-order chi connectivity index (χ1) is 7.31. The third-order valence-corrected chi connectivity index (χ3v) is 2.22. The molecule has 0 fully saturated rings. The van der Waals surface area contributed by atoms with Gasteiger partial charge in [-0.2, -0.15) is 0 Å². The molecule has 1 aromatic heterocycles. The number of ketones is 1. The van der Waals surface area contributed by atoms with Gasteiger partial charge in [0.25, 0.3) is 0 Å². The Balaban J connectivity index is 2.24. The second-order valence-corrected chi connectivity index (χ2v) is 3.27. The molecule has 2 N–H and O–H groups in total. The van der Waals surface area contributed by atoms with E-state index in [4.69, 9.17) is 10.5 Å². The minimum atomic E-state index is -0.0930. The molecular formula is C11H12N2O2. The van der Waals surface area contributed by atoms with E-state index in [0.717, 1.165) is 6.42 Å². The van der Waals surface area contributed by atoms with Gasteiger partial charge >= 0.3 is 0 Å². The molecule has 0 radical (unpaired) electrons. The fraction of sp³-hybridized carbons (Fsp3) is 0.273. The molecule has 1 aliphatic rings. The Hall–Kier alpha value is -1.68. The van der Waals surface area contributed by atoms with Crippen molar-refractivity contribution in [3.05, 3.63) is 41.4 Å². The summed E-state index contributed by atoms with van der Waals surface area (Å²) in [6.45, 7) is 0.928. The van der Waals surface area contributed by atoms with Crippen LogP contribution in [0.1, 0.15) is 22.5 Å². The molecule has 0 spiro atoms. The van der Waals surface area contributed by atoms with E-state index in [1.165, 1.54) is 0 Å². The zero-order chi connectivity index (χ0) is 10.7. The lowest BCUT2D eigenvalue weighted by Gasteiger charge is -2.03. The second kappa shape index (κ2) is 4.23. The van der Waals surface area contributed by atoms with Gasteiger partial charge in [-0.1, -0.05) is 0 Å². The summed E-state index contributed by atoms with van der Waals surface area (Å²) in [6, 6.07) is 3.37. The maximum atomic E-state index is 11.9. The number of carbonyl (C=O) groups is 1. The number of aromatic nitrogens is 1. The number of carbonyl (C=O) groups excluding carboxylic acids is 1. The van der Waals surface area contributed by atoms with Crippen molar-refractivity contribution in [1.29, 1.82) is 0 Å². The molecule has 78 valence electrons. The highest BCUT2D eigenvalue weighted by molar-refractivity contribution is 6.07. The van der Waals surface area contributed by atoms with Gasteiger partial charge < -0.3 is 10.5 Å². The maximum absolute atomic E-state index is 11.9. The van der Waals surface area contributed by atoms with E-state index in [2.05, 4.69) is 4.98 Å². The molecule has 0 unspecified atom stereocenters. The van der Waals surface area contributed by atoms with Gasteiger partial charge in [-0.3, -0.25) is 9.78 Å². The molecule has 2 heterocycles. The topological polar surface area (TPSA) is 65.2 Å². The predicted molar refractivity (Wildman–Crippen MR) is 55.1 cm³/mol. The fourth-order valence-electron chi connectivity index (χ4n) is 1.45. The molecular weight excluding hydrogens is 192 g/mol. The average molecular weight is 204 g/mol. The molecule has 15 heavy (non-hydrogen) atoms. The molecule has 0 atom stereocenters. The maximum Gasteiger partial charge on any atom is 0.227 e. The highest BCUT2D eigenvalue weighted by atomic mass is 16.5. The number of nitrogens with two attached hydrogens (primary N) is 1. The lowest BCUT2D eigenvalue weighted by Crippen LogP contribution is -2.07. The summed E-state index contributed by atoms with van der Waals surface area (Å²) in [5.74, 6) is 0.341. The van der Waals surface area contributed by atoms with Crippen LogP contribution in [0.5, 0.6) is 0 Å².